The molecule has 0 saturated heterocycles. The standard InChI is InChI=1S/C34H26N4O18S4/c1-55-25-9-15(3-5-21(25)35-37-31-27(59(49,50)51)11-17-7-19(57(43,44)45)13-23(39)29(17)33(31)41)16-4-6-22(26(10-16)56-2)36-38-32-28(60(52,53)54)12-18-8-20(58(46,47)48)14-24(40)30(18)34(32)42/h3-14,39-42H,1-2H3,(H,43,44,45)(H,46,47,48)(H,49,50,51)(H,52,53,54). The molecule has 0 unspecified atom stereocenters. The van der Waals surface area contributed by atoms with Crippen molar-refractivity contribution >= 4 is 84.8 Å². The summed E-state index contributed by atoms with van der Waals surface area (Å²) in [6, 6.07) is 12.6. The second-order valence-electron chi connectivity index (χ2n) is 12.3. The number of methoxy groups -OCH3 is 2. The van der Waals surface area contributed by atoms with Gasteiger partial charge in [-0.1, -0.05) is 12.1 Å². The largest absolute Gasteiger partial charge is 0.507 e. The van der Waals surface area contributed by atoms with Gasteiger partial charge in [0.15, 0.2) is 11.5 Å². The molecule has 0 aliphatic rings. The molecule has 0 spiro atoms. The van der Waals surface area contributed by atoms with Gasteiger partial charge in [-0.05, 0) is 70.4 Å². The highest BCUT2D eigenvalue weighted by atomic mass is 32.2. The maximum absolute atomic E-state index is 12.3. The van der Waals surface area contributed by atoms with E-state index < -0.39 is 116 Å². The van der Waals surface area contributed by atoms with Crippen LogP contribution < -0.4 is 9.47 Å². The molecule has 26 heteroatoms. The van der Waals surface area contributed by atoms with E-state index in [-0.39, 0.29) is 22.9 Å². The predicted octanol–water partition coefficient (Wildman–Crippen LogP) is 6.32. The number of hydrogen-bond donors (Lipinski definition) is 8. The second kappa shape index (κ2) is 15.3. The molecule has 6 rings (SSSR count). The SMILES string of the molecule is COc1cc(-c2ccc(N=Nc3c(S(=O)(=O)O)cc4cc(S(=O)(=O)O)cc(O)c4c3O)c(OC)c2)ccc1N=Nc1c(S(=O)(=O)O)cc2cc(S(=O)(=O)O)cc(O)c2c1O. The van der Waals surface area contributed by atoms with Crippen LogP contribution in [0.2, 0.25) is 0 Å². The Balaban J connectivity index is 1.38. The van der Waals surface area contributed by atoms with Crippen LogP contribution in [0.15, 0.2) is 113 Å². The van der Waals surface area contributed by atoms with E-state index in [0.717, 1.165) is 12.1 Å². The summed E-state index contributed by atoms with van der Waals surface area (Å²) in [5.41, 5.74) is -0.973. The zero-order chi connectivity index (χ0) is 44.3. The van der Waals surface area contributed by atoms with E-state index >= 15 is 0 Å². The van der Waals surface area contributed by atoms with Crippen LogP contribution in [-0.2, 0) is 40.5 Å². The summed E-state index contributed by atoms with van der Waals surface area (Å²) < 4.78 is 145. The number of phenols is 4. The molecule has 8 N–H and O–H groups in total. The van der Waals surface area contributed by atoms with Gasteiger partial charge in [-0.2, -0.15) is 33.7 Å². The monoisotopic (exact) mass is 906 g/mol. The van der Waals surface area contributed by atoms with Crippen molar-refractivity contribution in [2.45, 2.75) is 19.6 Å². The van der Waals surface area contributed by atoms with Crippen LogP contribution in [0.1, 0.15) is 0 Å². The zero-order valence-electron chi connectivity index (χ0n) is 30.0. The van der Waals surface area contributed by atoms with E-state index in [1.165, 1.54) is 50.6 Å². The summed E-state index contributed by atoms with van der Waals surface area (Å²) in [4.78, 5) is -3.77. The average Bonchev–Trinajstić information content (AvgIpc) is 3.14. The average molecular weight is 907 g/mol. The van der Waals surface area contributed by atoms with Gasteiger partial charge < -0.3 is 29.9 Å². The molecular weight excluding hydrogens is 881 g/mol. The van der Waals surface area contributed by atoms with Crippen molar-refractivity contribution in [1.29, 1.82) is 0 Å². The lowest BCUT2D eigenvalue weighted by molar-refractivity contribution is 0.415. The van der Waals surface area contributed by atoms with Crippen LogP contribution in [0, 0.1) is 0 Å². The Morgan fingerprint density at radius 1 is 0.450 bits per heavy atom. The topological polar surface area (TPSA) is 366 Å². The minimum Gasteiger partial charge on any atom is -0.507 e. The number of nitrogens with zero attached hydrogens (tertiary/aromatic N) is 4. The lowest BCUT2D eigenvalue weighted by Crippen LogP contribution is -2.01. The minimum absolute atomic E-state index is 0.0183. The predicted molar refractivity (Wildman–Crippen MR) is 207 cm³/mol. The molecule has 22 nitrogen and oxygen atoms in total. The first kappa shape index (κ1) is 43.1. The number of azo groups is 2. The number of ether oxygens (including phenoxy) is 2. The highest BCUT2D eigenvalue weighted by Gasteiger charge is 2.27. The number of aromatic hydroxyl groups is 4. The summed E-state index contributed by atoms with van der Waals surface area (Å²) in [6.45, 7) is 0. The Morgan fingerprint density at radius 3 is 1.10 bits per heavy atom. The maximum atomic E-state index is 12.3. The number of phenolic OH excluding ortho intramolecular Hbond substituents is 4. The molecule has 6 aromatic carbocycles. The van der Waals surface area contributed by atoms with Crippen molar-refractivity contribution in [2.24, 2.45) is 20.5 Å². The van der Waals surface area contributed by atoms with Gasteiger partial charge in [-0.25, -0.2) is 0 Å². The first-order valence-electron chi connectivity index (χ1n) is 16.0. The Morgan fingerprint density at radius 2 is 0.800 bits per heavy atom. The van der Waals surface area contributed by atoms with E-state index in [0.29, 0.717) is 35.4 Å². The first-order chi connectivity index (χ1) is 27.8. The number of rotatable bonds is 11. The summed E-state index contributed by atoms with van der Waals surface area (Å²) in [5, 5.41) is 56.4. The maximum Gasteiger partial charge on any atom is 0.296 e. The summed E-state index contributed by atoms with van der Waals surface area (Å²) in [6.07, 6.45) is 0. The summed E-state index contributed by atoms with van der Waals surface area (Å²) in [7, 11) is -17.6. The quantitative estimate of drug-likeness (QED) is 0.0521. The van der Waals surface area contributed by atoms with Crippen molar-refractivity contribution in [3.63, 3.8) is 0 Å². The molecule has 0 aliphatic carbocycles. The van der Waals surface area contributed by atoms with Crippen LogP contribution in [-0.4, -0.2) is 86.5 Å². The fourth-order valence-corrected chi connectivity index (χ4v) is 8.24. The molecule has 6 aromatic rings. The van der Waals surface area contributed by atoms with Crippen LogP contribution in [0.25, 0.3) is 32.7 Å². The molecule has 0 saturated carbocycles. The van der Waals surface area contributed by atoms with Crippen LogP contribution in [0.4, 0.5) is 22.7 Å². The third-order valence-corrected chi connectivity index (χ3v) is 12.0. The number of fused-ring (bicyclic) bond motifs is 2. The van der Waals surface area contributed by atoms with Crippen molar-refractivity contribution in [2.75, 3.05) is 14.2 Å². The normalized spacial score (nSPS) is 12.8. The van der Waals surface area contributed by atoms with Crippen molar-refractivity contribution < 1.29 is 81.8 Å². The third kappa shape index (κ3) is 8.33. The van der Waals surface area contributed by atoms with Crippen LogP contribution >= 0.6 is 0 Å². The number of hydrogen-bond acceptors (Lipinski definition) is 18. The van der Waals surface area contributed by atoms with Gasteiger partial charge in [0, 0.05) is 12.1 Å². The molecule has 0 atom stereocenters. The van der Waals surface area contributed by atoms with E-state index in [1.807, 2.05) is 0 Å². The van der Waals surface area contributed by atoms with E-state index in [9.17, 15) is 72.3 Å². The first-order valence-corrected chi connectivity index (χ1v) is 21.7. The van der Waals surface area contributed by atoms with Gasteiger partial charge in [0.2, 0.25) is 0 Å². The molecule has 0 aromatic heterocycles. The molecule has 0 radical (unpaired) electrons. The van der Waals surface area contributed by atoms with Crippen LogP contribution in [0.5, 0.6) is 34.5 Å². The van der Waals surface area contributed by atoms with E-state index in [4.69, 9.17) is 9.47 Å². The van der Waals surface area contributed by atoms with Gasteiger partial charge >= 0.3 is 0 Å². The zero-order valence-corrected chi connectivity index (χ0v) is 33.3. The van der Waals surface area contributed by atoms with Gasteiger partial charge in [0.25, 0.3) is 40.5 Å². The Bertz CT molecular complexity index is 3110. The smallest absolute Gasteiger partial charge is 0.296 e. The second-order valence-corrected chi connectivity index (χ2v) is 17.9. The van der Waals surface area contributed by atoms with Gasteiger partial charge in [0.1, 0.15) is 55.5 Å². The van der Waals surface area contributed by atoms with E-state index in [2.05, 4.69) is 20.5 Å². The van der Waals surface area contributed by atoms with Gasteiger partial charge in [-0.15, -0.1) is 20.5 Å². The highest BCUT2D eigenvalue weighted by Crippen LogP contribution is 2.48. The Labute approximate surface area is 338 Å². The van der Waals surface area contributed by atoms with Gasteiger partial charge in [0.05, 0.1) is 34.8 Å². The van der Waals surface area contributed by atoms with Gasteiger partial charge in [-0.3, -0.25) is 18.2 Å². The fourth-order valence-electron chi connectivity index (χ4n) is 5.85. The van der Waals surface area contributed by atoms with E-state index in [1.54, 1.807) is 0 Å². The summed E-state index contributed by atoms with van der Waals surface area (Å²) in [5.74, 6) is -3.80. The molecule has 0 amide bonds. The highest BCUT2D eigenvalue weighted by molar-refractivity contribution is 7.86. The fraction of sp³-hybridized carbons (Fsp3) is 0.0588. The molecule has 60 heavy (non-hydrogen) atoms. The molecule has 314 valence electrons. The molecule has 0 fully saturated rings. The molecule has 0 aliphatic heterocycles. The van der Waals surface area contributed by atoms with Crippen molar-refractivity contribution in [3.8, 4) is 45.6 Å². The molecule has 0 heterocycles. The van der Waals surface area contributed by atoms with Crippen LogP contribution in [0.3, 0.4) is 0 Å². The Hall–Kier alpha value is -6.52. The lowest BCUT2D eigenvalue weighted by Gasteiger charge is -2.12. The minimum atomic E-state index is -5.18. The molecular formula is C34H26N4O18S4. The molecule has 0 bridgehead atoms. The Kier molecular flexibility index (Phi) is 11.0. The van der Waals surface area contributed by atoms with Crippen molar-refractivity contribution in [1.82, 2.24) is 0 Å². The number of benzene rings is 6. The third-order valence-electron chi connectivity index (χ3n) is 8.57. The summed E-state index contributed by atoms with van der Waals surface area (Å²) >= 11 is 0. The lowest BCUT2D eigenvalue weighted by atomic mass is 10.0. The van der Waals surface area contributed by atoms with Crippen molar-refractivity contribution in [3.05, 3.63) is 72.8 Å².